The van der Waals surface area contributed by atoms with E-state index >= 15 is 0 Å². The van der Waals surface area contributed by atoms with Gasteiger partial charge in [0, 0.05) is 11.1 Å². The van der Waals surface area contributed by atoms with Gasteiger partial charge in [0.25, 0.3) is 0 Å². The Hall–Kier alpha value is -1.22. The standard InChI is InChI=1S/C13H17ClN2O/c1-8(2)16-11-6-5-9(14)7-10(11)15-12(17)13(16,3)4/h5-8H,1-4H3,(H,15,17). The lowest BCUT2D eigenvalue weighted by Crippen LogP contribution is -2.58. The maximum atomic E-state index is 12.1. The summed E-state index contributed by atoms with van der Waals surface area (Å²) < 4.78 is 0. The zero-order valence-electron chi connectivity index (χ0n) is 10.5. The van der Waals surface area contributed by atoms with Crippen LogP contribution in [-0.2, 0) is 4.79 Å². The molecule has 1 amide bonds. The molecule has 92 valence electrons. The van der Waals surface area contributed by atoms with Crippen LogP contribution in [0.1, 0.15) is 27.7 Å². The third-order valence-corrected chi connectivity index (χ3v) is 3.38. The van der Waals surface area contributed by atoms with Crippen LogP contribution in [-0.4, -0.2) is 17.5 Å². The van der Waals surface area contributed by atoms with Gasteiger partial charge in [-0.3, -0.25) is 4.79 Å². The summed E-state index contributed by atoms with van der Waals surface area (Å²) in [7, 11) is 0. The Morgan fingerprint density at radius 2 is 2.00 bits per heavy atom. The van der Waals surface area contributed by atoms with Crippen molar-refractivity contribution in [3.8, 4) is 0 Å². The van der Waals surface area contributed by atoms with Crippen LogP contribution in [0.25, 0.3) is 0 Å². The number of benzene rings is 1. The van der Waals surface area contributed by atoms with Crippen LogP contribution >= 0.6 is 11.6 Å². The molecule has 1 aromatic rings. The summed E-state index contributed by atoms with van der Waals surface area (Å²) in [6, 6.07) is 5.85. The average molecular weight is 253 g/mol. The van der Waals surface area contributed by atoms with Crippen molar-refractivity contribution in [2.75, 3.05) is 10.2 Å². The number of fused-ring (bicyclic) bond motifs is 1. The lowest BCUT2D eigenvalue weighted by atomic mass is 9.94. The maximum absolute atomic E-state index is 12.1. The fourth-order valence-corrected chi connectivity index (χ4v) is 2.60. The van der Waals surface area contributed by atoms with Gasteiger partial charge in [0.05, 0.1) is 11.4 Å². The molecule has 1 aromatic carbocycles. The van der Waals surface area contributed by atoms with Crippen LogP contribution in [0.5, 0.6) is 0 Å². The van der Waals surface area contributed by atoms with Crippen molar-refractivity contribution < 1.29 is 4.79 Å². The number of amides is 1. The molecule has 0 radical (unpaired) electrons. The SMILES string of the molecule is CC(C)N1c2ccc(Cl)cc2NC(=O)C1(C)C. The maximum Gasteiger partial charge on any atom is 0.249 e. The molecule has 1 heterocycles. The minimum absolute atomic E-state index is 0.000895. The molecule has 0 saturated carbocycles. The molecule has 0 spiro atoms. The summed E-state index contributed by atoms with van der Waals surface area (Å²) in [5.41, 5.74) is 1.26. The Morgan fingerprint density at radius 1 is 1.35 bits per heavy atom. The normalized spacial score (nSPS) is 18.0. The number of nitrogens with zero attached hydrogens (tertiary/aromatic N) is 1. The van der Waals surface area contributed by atoms with E-state index < -0.39 is 5.54 Å². The van der Waals surface area contributed by atoms with Crippen LogP contribution in [0.15, 0.2) is 18.2 Å². The van der Waals surface area contributed by atoms with Gasteiger partial charge in [-0.25, -0.2) is 0 Å². The van der Waals surface area contributed by atoms with Crippen molar-refractivity contribution in [1.29, 1.82) is 0 Å². The van der Waals surface area contributed by atoms with E-state index in [4.69, 9.17) is 11.6 Å². The molecule has 0 atom stereocenters. The molecule has 4 heteroatoms. The van der Waals surface area contributed by atoms with Gasteiger partial charge in [-0.2, -0.15) is 0 Å². The predicted octanol–water partition coefficient (Wildman–Crippen LogP) is 3.29. The number of anilines is 2. The fraction of sp³-hybridized carbons (Fsp3) is 0.462. The second-order valence-corrected chi connectivity index (χ2v) is 5.57. The van der Waals surface area contributed by atoms with E-state index in [9.17, 15) is 4.79 Å². The van der Waals surface area contributed by atoms with E-state index in [0.29, 0.717) is 5.02 Å². The third-order valence-electron chi connectivity index (χ3n) is 3.14. The van der Waals surface area contributed by atoms with E-state index in [-0.39, 0.29) is 11.9 Å². The summed E-state index contributed by atoms with van der Waals surface area (Å²) in [4.78, 5) is 14.2. The smallest absolute Gasteiger partial charge is 0.249 e. The van der Waals surface area contributed by atoms with Crippen molar-refractivity contribution in [3.63, 3.8) is 0 Å². The monoisotopic (exact) mass is 252 g/mol. The van der Waals surface area contributed by atoms with Crippen LogP contribution < -0.4 is 10.2 Å². The second-order valence-electron chi connectivity index (χ2n) is 5.14. The summed E-state index contributed by atoms with van der Waals surface area (Å²) in [6.07, 6.45) is 0. The molecular weight excluding hydrogens is 236 g/mol. The number of nitrogens with one attached hydrogen (secondary N) is 1. The molecule has 1 N–H and O–H groups in total. The lowest BCUT2D eigenvalue weighted by Gasteiger charge is -2.46. The molecule has 0 saturated heterocycles. The lowest BCUT2D eigenvalue weighted by molar-refractivity contribution is -0.120. The topological polar surface area (TPSA) is 32.3 Å². The summed E-state index contributed by atoms with van der Waals surface area (Å²) in [5.74, 6) is 0.000895. The Kier molecular flexibility index (Phi) is 2.82. The second kappa shape index (κ2) is 3.91. The van der Waals surface area contributed by atoms with E-state index in [2.05, 4.69) is 24.1 Å². The molecule has 2 rings (SSSR count). The van der Waals surface area contributed by atoms with E-state index in [1.807, 2.05) is 26.0 Å². The minimum Gasteiger partial charge on any atom is -0.353 e. The van der Waals surface area contributed by atoms with E-state index in [0.717, 1.165) is 11.4 Å². The van der Waals surface area contributed by atoms with Gasteiger partial charge >= 0.3 is 0 Å². The number of rotatable bonds is 1. The van der Waals surface area contributed by atoms with Crippen LogP contribution in [0.4, 0.5) is 11.4 Å². The number of carbonyl (C=O) groups is 1. The highest BCUT2D eigenvalue weighted by molar-refractivity contribution is 6.31. The summed E-state index contributed by atoms with van der Waals surface area (Å²) in [5, 5.41) is 3.54. The van der Waals surface area contributed by atoms with Crippen molar-refractivity contribution in [2.24, 2.45) is 0 Å². The predicted molar refractivity (Wildman–Crippen MR) is 71.8 cm³/mol. The van der Waals surface area contributed by atoms with Gasteiger partial charge in [-0.15, -0.1) is 0 Å². The molecule has 1 aliphatic heterocycles. The highest BCUT2D eigenvalue weighted by atomic mass is 35.5. The Labute approximate surface area is 107 Å². The number of carbonyl (C=O) groups excluding carboxylic acids is 1. The summed E-state index contributed by atoms with van der Waals surface area (Å²) >= 11 is 5.95. The molecule has 0 aliphatic carbocycles. The van der Waals surface area contributed by atoms with Gasteiger partial charge in [0.2, 0.25) is 5.91 Å². The zero-order valence-corrected chi connectivity index (χ0v) is 11.3. The largest absolute Gasteiger partial charge is 0.353 e. The molecule has 0 bridgehead atoms. The van der Waals surface area contributed by atoms with Gasteiger partial charge in [0.15, 0.2) is 0 Å². The minimum atomic E-state index is -0.547. The van der Waals surface area contributed by atoms with Gasteiger partial charge in [-0.1, -0.05) is 11.6 Å². The average Bonchev–Trinajstić information content (AvgIpc) is 2.19. The fourth-order valence-electron chi connectivity index (χ4n) is 2.43. The highest BCUT2D eigenvalue weighted by Gasteiger charge is 2.41. The third kappa shape index (κ3) is 1.89. The van der Waals surface area contributed by atoms with E-state index in [1.165, 1.54) is 0 Å². The first-order chi connectivity index (χ1) is 7.84. The molecule has 0 unspecified atom stereocenters. The first kappa shape index (κ1) is 12.2. The number of halogens is 1. The van der Waals surface area contributed by atoms with Crippen LogP contribution in [0, 0.1) is 0 Å². The van der Waals surface area contributed by atoms with Crippen molar-refractivity contribution >= 4 is 28.9 Å². The van der Waals surface area contributed by atoms with Gasteiger partial charge in [0.1, 0.15) is 5.54 Å². The molecular formula is C13H17ClN2O. The van der Waals surface area contributed by atoms with Gasteiger partial charge < -0.3 is 10.2 Å². The molecule has 0 fully saturated rings. The first-order valence-electron chi connectivity index (χ1n) is 5.74. The van der Waals surface area contributed by atoms with Gasteiger partial charge in [-0.05, 0) is 45.9 Å². The Bertz CT molecular complexity index is 468. The van der Waals surface area contributed by atoms with Crippen molar-refractivity contribution in [3.05, 3.63) is 23.2 Å². The van der Waals surface area contributed by atoms with Crippen molar-refractivity contribution in [1.82, 2.24) is 0 Å². The first-order valence-corrected chi connectivity index (χ1v) is 6.12. The summed E-state index contributed by atoms with van der Waals surface area (Å²) in [6.45, 7) is 8.03. The van der Waals surface area contributed by atoms with Crippen LogP contribution in [0.3, 0.4) is 0 Å². The Balaban J connectivity index is 2.60. The van der Waals surface area contributed by atoms with Crippen molar-refractivity contribution in [2.45, 2.75) is 39.3 Å². The zero-order chi connectivity index (χ0) is 12.8. The molecule has 17 heavy (non-hydrogen) atoms. The molecule has 1 aliphatic rings. The molecule has 3 nitrogen and oxygen atoms in total. The Morgan fingerprint density at radius 3 is 2.59 bits per heavy atom. The number of hydrogen-bond donors (Lipinski definition) is 1. The van der Waals surface area contributed by atoms with E-state index in [1.54, 1.807) is 6.07 Å². The molecule has 0 aromatic heterocycles. The highest BCUT2D eigenvalue weighted by Crippen LogP contribution is 2.39. The quantitative estimate of drug-likeness (QED) is 0.832. The number of hydrogen-bond acceptors (Lipinski definition) is 2. The van der Waals surface area contributed by atoms with Crippen LogP contribution in [0.2, 0.25) is 5.02 Å².